The molecule has 0 saturated carbocycles. The third kappa shape index (κ3) is 3.20. The van der Waals surface area contributed by atoms with Crippen LogP contribution in [0.25, 0.3) is 0 Å². The van der Waals surface area contributed by atoms with Crippen molar-refractivity contribution < 1.29 is 17.6 Å². The van der Waals surface area contributed by atoms with Crippen LogP contribution in [0.15, 0.2) is 76.4 Å². The molecule has 2 aromatic carbocycles. The van der Waals surface area contributed by atoms with Crippen molar-refractivity contribution >= 4 is 21.6 Å². The molecule has 0 bridgehead atoms. The molecule has 4 rings (SSSR count). The molecule has 138 valence electrons. The topological polar surface area (TPSA) is 91.7 Å². The average molecular weight is 383 g/mol. The fourth-order valence-electron chi connectivity index (χ4n) is 2.91. The second-order valence-corrected chi connectivity index (χ2v) is 7.89. The van der Waals surface area contributed by atoms with E-state index in [4.69, 9.17) is 4.42 Å². The first kappa shape index (κ1) is 17.3. The molecule has 1 amide bonds. The maximum atomic E-state index is 13.0. The van der Waals surface area contributed by atoms with Crippen molar-refractivity contribution in [2.45, 2.75) is 18.0 Å². The lowest BCUT2D eigenvalue weighted by Gasteiger charge is -2.36. The number of para-hydroxylation sites is 1. The summed E-state index contributed by atoms with van der Waals surface area (Å²) in [5.41, 5.74) is 2.56. The van der Waals surface area contributed by atoms with E-state index in [1.807, 2.05) is 6.92 Å². The van der Waals surface area contributed by atoms with Gasteiger partial charge in [-0.3, -0.25) is 4.79 Å². The number of nitrogens with one attached hydrogen (secondary N) is 2. The van der Waals surface area contributed by atoms with Crippen LogP contribution in [0.2, 0.25) is 0 Å². The van der Waals surface area contributed by atoms with Crippen LogP contribution >= 0.6 is 0 Å². The number of nitrogens with zero attached hydrogens (tertiary/aromatic N) is 1. The van der Waals surface area contributed by atoms with Gasteiger partial charge in [0.15, 0.2) is 0 Å². The Hall–Kier alpha value is -3.10. The van der Waals surface area contributed by atoms with Crippen LogP contribution in [0, 0.1) is 6.92 Å². The lowest BCUT2D eigenvalue weighted by molar-refractivity contribution is 0.0632. The van der Waals surface area contributed by atoms with Gasteiger partial charge in [-0.05, 0) is 37.3 Å². The van der Waals surface area contributed by atoms with Crippen LogP contribution in [0.4, 0.5) is 5.69 Å². The number of carbonyl (C=O) groups is 1. The molecule has 1 atom stereocenters. The zero-order valence-electron chi connectivity index (χ0n) is 14.4. The molecule has 0 spiro atoms. The van der Waals surface area contributed by atoms with Crippen LogP contribution in [0.3, 0.4) is 0 Å². The van der Waals surface area contributed by atoms with Gasteiger partial charge in [0, 0.05) is 11.3 Å². The Labute approximate surface area is 156 Å². The van der Waals surface area contributed by atoms with Crippen LogP contribution < -0.4 is 10.1 Å². The standard InChI is InChI=1S/C19H17N3O4S/c1-13-6-8-15(9-7-13)27(24,25)21-22-18(14-10-11-26-12-14)20-17-5-3-2-4-16(17)19(22)23/h2-12,18,20-21H,1H3. The molecule has 1 unspecified atom stereocenters. The quantitative estimate of drug-likeness (QED) is 0.723. The van der Waals surface area contributed by atoms with Gasteiger partial charge in [-0.2, -0.15) is 0 Å². The Morgan fingerprint density at radius 3 is 2.52 bits per heavy atom. The summed E-state index contributed by atoms with van der Waals surface area (Å²) in [5.74, 6) is -0.453. The van der Waals surface area contributed by atoms with E-state index < -0.39 is 22.1 Å². The molecule has 8 heteroatoms. The highest BCUT2D eigenvalue weighted by Crippen LogP contribution is 2.32. The summed E-state index contributed by atoms with van der Waals surface area (Å²) in [7, 11) is -3.95. The largest absolute Gasteiger partial charge is 0.472 e. The minimum Gasteiger partial charge on any atom is -0.472 e. The van der Waals surface area contributed by atoms with Crippen molar-refractivity contribution in [2.75, 3.05) is 5.32 Å². The molecule has 0 saturated heterocycles. The fourth-order valence-corrected chi connectivity index (χ4v) is 3.96. The van der Waals surface area contributed by atoms with E-state index in [1.54, 1.807) is 42.5 Å². The minimum absolute atomic E-state index is 0.0747. The Balaban J connectivity index is 1.74. The van der Waals surface area contributed by atoms with Gasteiger partial charge < -0.3 is 9.73 Å². The second kappa shape index (κ2) is 6.57. The van der Waals surface area contributed by atoms with Crippen molar-refractivity contribution in [3.05, 3.63) is 83.8 Å². The number of hydrogen-bond acceptors (Lipinski definition) is 5. The maximum absolute atomic E-state index is 13.0. The second-order valence-electron chi connectivity index (χ2n) is 6.23. The van der Waals surface area contributed by atoms with E-state index in [9.17, 15) is 13.2 Å². The van der Waals surface area contributed by atoms with E-state index in [0.29, 0.717) is 16.8 Å². The average Bonchev–Trinajstić information content (AvgIpc) is 3.19. The number of benzene rings is 2. The van der Waals surface area contributed by atoms with Gasteiger partial charge in [0.2, 0.25) is 0 Å². The van der Waals surface area contributed by atoms with Crippen molar-refractivity contribution in [3.63, 3.8) is 0 Å². The molecule has 1 aliphatic rings. The molecule has 0 radical (unpaired) electrons. The van der Waals surface area contributed by atoms with E-state index in [1.165, 1.54) is 24.7 Å². The number of hydrogen-bond donors (Lipinski definition) is 2. The van der Waals surface area contributed by atoms with E-state index in [2.05, 4.69) is 10.1 Å². The first-order chi connectivity index (χ1) is 13.0. The van der Waals surface area contributed by atoms with Gasteiger partial charge in [-0.15, -0.1) is 4.83 Å². The Morgan fingerprint density at radius 2 is 1.81 bits per heavy atom. The number of carbonyl (C=O) groups excluding carboxylic acids is 1. The summed E-state index contributed by atoms with van der Waals surface area (Å²) in [6.45, 7) is 1.87. The van der Waals surface area contributed by atoms with Crippen LogP contribution in [-0.2, 0) is 10.0 Å². The normalized spacial score (nSPS) is 16.7. The zero-order chi connectivity index (χ0) is 19.0. The molecular formula is C19H17N3O4S. The van der Waals surface area contributed by atoms with E-state index in [-0.39, 0.29) is 4.90 Å². The highest BCUT2D eigenvalue weighted by molar-refractivity contribution is 7.89. The zero-order valence-corrected chi connectivity index (χ0v) is 15.2. The molecule has 7 nitrogen and oxygen atoms in total. The third-order valence-corrected chi connectivity index (χ3v) is 5.67. The summed E-state index contributed by atoms with van der Waals surface area (Å²) >= 11 is 0. The van der Waals surface area contributed by atoms with Crippen molar-refractivity contribution in [1.29, 1.82) is 0 Å². The first-order valence-corrected chi connectivity index (χ1v) is 9.74. The Bertz CT molecular complexity index is 1080. The van der Waals surface area contributed by atoms with Gasteiger partial charge >= 0.3 is 0 Å². The molecule has 0 aliphatic carbocycles. The van der Waals surface area contributed by atoms with Gasteiger partial charge in [0.25, 0.3) is 15.9 Å². The number of rotatable bonds is 4. The smallest absolute Gasteiger partial charge is 0.273 e. The third-order valence-electron chi connectivity index (χ3n) is 4.34. The summed E-state index contributed by atoms with van der Waals surface area (Å²) < 4.78 is 30.8. The summed E-state index contributed by atoms with van der Waals surface area (Å²) in [4.78, 5) is 15.5. The van der Waals surface area contributed by atoms with Crippen molar-refractivity contribution in [3.8, 4) is 0 Å². The van der Waals surface area contributed by atoms with Gasteiger partial charge in [0.05, 0.1) is 23.0 Å². The number of aryl methyl sites for hydroxylation is 1. The van der Waals surface area contributed by atoms with Gasteiger partial charge in [-0.25, -0.2) is 13.4 Å². The summed E-state index contributed by atoms with van der Waals surface area (Å²) in [6, 6.07) is 15.0. The molecule has 1 aromatic heterocycles. The van der Waals surface area contributed by atoms with E-state index in [0.717, 1.165) is 10.6 Å². The van der Waals surface area contributed by atoms with Crippen molar-refractivity contribution in [1.82, 2.24) is 9.84 Å². The predicted molar refractivity (Wildman–Crippen MR) is 99.2 cm³/mol. The molecule has 0 fully saturated rings. The predicted octanol–water partition coefficient (Wildman–Crippen LogP) is 3.05. The Morgan fingerprint density at radius 1 is 1.07 bits per heavy atom. The minimum atomic E-state index is -3.95. The van der Waals surface area contributed by atoms with E-state index >= 15 is 0 Å². The fraction of sp³-hybridized carbons (Fsp3) is 0.105. The van der Waals surface area contributed by atoms with Crippen LogP contribution in [0.5, 0.6) is 0 Å². The molecule has 2 heterocycles. The SMILES string of the molecule is Cc1ccc(S(=O)(=O)NN2C(=O)c3ccccc3NC2c2ccoc2)cc1. The number of furan rings is 1. The van der Waals surface area contributed by atoms with Crippen molar-refractivity contribution in [2.24, 2.45) is 0 Å². The summed E-state index contributed by atoms with van der Waals surface area (Å²) in [6.07, 6.45) is 2.19. The maximum Gasteiger partial charge on any atom is 0.273 e. The van der Waals surface area contributed by atoms with Gasteiger partial charge in [0.1, 0.15) is 6.17 Å². The Kier molecular flexibility index (Phi) is 4.21. The summed E-state index contributed by atoms with van der Waals surface area (Å²) in [5, 5.41) is 4.25. The molecular weight excluding hydrogens is 366 g/mol. The van der Waals surface area contributed by atoms with Crippen LogP contribution in [0.1, 0.15) is 27.7 Å². The lowest BCUT2D eigenvalue weighted by Crippen LogP contribution is -2.52. The van der Waals surface area contributed by atoms with Gasteiger partial charge in [-0.1, -0.05) is 29.8 Å². The highest BCUT2D eigenvalue weighted by atomic mass is 32.2. The molecule has 3 aromatic rings. The number of fused-ring (bicyclic) bond motifs is 1. The molecule has 1 aliphatic heterocycles. The monoisotopic (exact) mass is 383 g/mol. The number of sulfonamides is 1. The highest BCUT2D eigenvalue weighted by Gasteiger charge is 2.36. The number of anilines is 1. The van der Waals surface area contributed by atoms with Crippen LogP contribution in [-0.4, -0.2) is 19.3 Å². The molecule has 2 N–H and O–H groups in total. The lowest BCUT2D eigenvalue weighted by atomic mass is 10.1. The first-order valence-electron chi connectivity index (χ1n) is 8.26. The molecule has 27 heavy (non-hydrogen) atoms. The number of amides is 1. The number of hydrazine groups is 1.